The van der Waals surface area contributed by atoms with Crippen LogP contribution in [0.4, 0.5) is 0 Å². The van der Waals surface area contributed by atoms with Crippen LogP contribution in [0.2, 0.25) is 0 Å². The summed E-state index contributed by atoms with van der Waals surface area (Å²) < 4.78 is 2.46. The molecule has 0 amide bonds. The van der Waals surface area contributed by atoms with Crippen LogP contribution in [-0.4, -0.2) is 19.5 Å². The van der Waals surface area contributed by atoms with Crippen LogP contribution in [0.5, 0.6) is 0 Å². The highest BCUT2D eigenvalue weighted by atomic mass is 15.0. The first-order valence-corrected chi connectivity index (χ1v) is 18.6. The Kier molecular flexibility index (Phi) is 7.14. The summed E-state index contributed by atoms with van der Waals surface area (Å²) in [6.07, 6.45) is 0. The summed E-state index contributed by atoms with van der Waals surface area (Å²) in [4.78, 5) is 15.5. The molecule has 9 aromatic carbocycles. The highest BCUT2D eigenvalue weighted by Gasteiger charge is 2.21. The van der Waals surface area contributed by atoms with Crippen molar-refractivity contribution in [3.63, 3.8) is 0 Å². The number of hydrogen-bond acceptors (Lipinski definition) is 3. The van der Waals surface area contributed by atoms with Gasteiger partial charge < -0.3 is 4.57 Å². The molecule has 0 saturated carbocycles. The molecule has 0 fully saturated rings. The second kappa shape index (κ2) is 12.6. The Hall–Kier alpha value is -7.43. The van der Waals surface area contributed by atoms with E-state index in [2.05, 4.69) is 162 Å². The topological polar surface area (TPSA) is 43.6 Å². The molecule has 0 aliphatic heterocycles. The highest BCUT2D eigenvalue weighted by Crippen LogP contribution is 2.44. The van der Waals surface area contributed by atoms with Gasteiger partial charge in [0.1, 0.15) is 0 Å². The molecule has 55 heavy (non-hydrogen) atoms. The molecule has 0 atom stereocenters. The summed E-state index contributed by atoms with van der Waals surface area (Å²) in [7, 11) is 0. The Morgan fingerprint density at radius 3 is 1.35 bits per heavy atom. The number of nitrogens with zero attached hydrogens (tertiary/aromatic N) is 4. The molecule has 256 valence electrons. The third kappa shape index (κ3) is 5.11. The Balaban J connectivity index is 1.30. The van der Waals surface area contributed by atoms with E-state index in [1.54, 1.807) is 0 Å². The Bertz CT molecular complexity index is 3180. The predicted molar refractivity (Wildman–Crippen MR) is 228 cm³/mol. The van der Waals surface area contributed by atoms with E-state index in [9.17, 15) is 0 Å². The second-order valence-corrected chi connectivity index (χ2v) is 14.0. The van der Waals surface area contributed by atoms with Crippen molar-refractivity contribution in [2.45, 2.75) is 0 Å². The molecule has 0 spiro atoms. The van der Waals surface area contributed by atoms with Crippen molar-refractivity contribution in [2.75, 3.05) is 0 Å². The van der Waals surface area contributed by atoms with Crippen LogP contribution in [0.25, 0.3) is 105 Å². The van der Waals surface area contributed by atoms with Gasteiger partial charge in [0.15, 0.2) is 17.5 Å². The van der Waals surface area contributed by atoms with Crippen molar-refractivity contribution in [1.29, 1.82) is 0 Å². The highest BCUT2D eigenvalue weighted by molar-refractivity contribution is 6.28. The molecule has 0 bridgehead atoms. The van der Waals surface area contributed by atoms with Crippen molar-refractivity contribution in [3.8, 4) is 51.0 Å². The third-order valence-electron chi connectivity index (χ3n) is 10.8. The van der Waals surface area contributed by atoms with E-state index in [0.29, 0.717) is 17.5 Å². The zero-order chi connectivity index (χ0) is 36.3. The molecule has 4 heteroatoms. The molecule has 0 aliphatic carbocycles. The van der Waals surface area contributed by atoms with Crippen molar-refractivity contribution in [1.82, 2.24) is 19.5 Å². The van der Waals surface area contributed by atoms with E-state index in [-0.39, 0.29) is 0 Å². The van der Waals surface area contributed by atoms with Gasteiger partial charge in [-0.1, -0.05) is 170 Å². The summed E-state index contributed by atoms with van der Waals surface area (Å²) in [5.74, 6) is 1.90. The molecule has 0 radical (unpaired) electrons. The van der Waals surface area contributed by atoms with Gasteiger partial charge in [-0.15, -0.1) is 0 Å². The van der Waals surface area contributed by atoms with Crippen LogP contribution >= 0.6 is 0 Å². The van der Waals surface area contributed by atoms with Crippen LogP contribution in [-0.2, 0) is 0 Å². The number of hydrogen-bond donors (Lipinski definition) is 0. The molecule has 4 nitrogen and oxygen atoms in total. The zero-order valence-electron chi connectivity index (χ0n) is 29.8. The van der Waals surface area contributed by atoms with Gasteiger partial charge in [-0.25, -0.2) is 15.0 Å². The molecule has 0 unspecified atom stereocenters. The average Bonchev–Trinajstić information content (AvgIpc) is 3.60. The molecule has 11 rings (SSSR count). The molecule has 2 heterocycles. The fraction of sp³-hybridized carbons (Fsp3) is 0. The van der Waals surface area contributed by atoms with Crippen molar-refractivity contribution in [2.24, 2.45) is 0 Å². The molecular formula is C51H32N4. The van der Waals surface area contributed by atoms with Crippen LogP contribution in [0, 0.1) is 0 Å². The van der Waals surface area contributed by atoms with Gasteiger partial charge in [-0.3, -0.25) is 0 Å². The summed E-state index contributed by atoms with van der Waals surface area (Å²) in [6.45, 7) is 0. The van der Waals surface area contributed by atoms with Crippen molar-refractivity contribution >= 4 is 54.1 Å². The maximum absolute atomic E-state index is 5.22. The lowest BCUT2D eigenvalue weighted by Gasteiger charge is -2.18. The van der Waals surface area contributed by atoms with Gasteiger partial charge in [0.2, 0.25) is 0 Å². The number of benzene rings is 9. The molecule has 0 N–H and O–H groups in total. The quantitative estimate of drug-likeness (QED) is 0.168. The van der Waals surface area contributed by atoms with E-state index in [1.807, 2.05) is 36.4 Å². The lowest BCUT2D eigenvalue weighted by atomic mass is 9.91. The Labute approximate surface area is 317 Å². The van der Waals surface area contributed by atoms with E-state index in [1.165, 1.54) is 48.8 Å². The zero-order valence-corrected chi connectivity index (χ0v) is 29.8. The standard InChI is InChI=1S/C51H32N4/c1-4-16-33(17-5-1)36-28-29-42-41-25-14-15-27-45(41)55(46(42)31-36)47-32-37(30-44-40-24-11-10-22-38(40)39-23-12-13-26-43(39)48(44)47)51-53-49(34-18-6-2-7-19-34)52-50(54-51)35-20-8-3-9-21-35/h1-32H. The Morgan fingerprint density at radius 2 is 0.727 bits per heavy atom. The van der Waals surface area contributed by atoms with E-state index in [4.69, 9.17) is 15.0 Å². The third-order valence-corrected chi connectivity index (χ3v) is 10.8. The van der Waals surface area contributed by atoms with Gasteiger partial charge >= 0.3 is 0 Å². The maximum Gasteiger partial charge on any atom is 0.164 e. The minimum atomic E-state index is 0.624. The predicted octanol–water partition coefficient (Wildman–Crippen LogP) is 13.1. The minimum Gasteiger partial charge on any atom is -0.309 e. The lowest BCUT2D eigenvalue weighted by molar-refractivity contribution is 1.07. The maximum atomic E-state index is 5.22. The van der Waals surface area contributed by atoms with Crippen LogP contribution in [0.3, 0.4) is 0 Å². The second-order valence-electron chi connectivity index (χ2n) is 14.0. The molecule has 2 aromatic heterocycles. The first-order chi connectivity index (χ1) is 27.3. The average molecular weight is 701 g/mol. The smallest absolute Gasteiger partial charge is 0.164 e. The molecule has 11 aromatic rings. The summed E-state index contributed by atoms with van der Waals surface area (Å²) in [5.41, 5.74) is 8.52. The van der Waals surface area contributed by atoms with Gasteiger partial charge in [0.05, 0.1) is 16.7 Å². The van der Waals surface area contributed by atoms with Gasteiger partial charge in [0.25, 0.3) is 0 Å². The van der Waals surface area contributed by atoms with Gasteiger partial charge in [-0.05, 0) is 62.3 Å². The van der Waals surface area contributed by atoms with E-state index >= 15 is 0 Å². The monoisotopic (exact) mass is 700 g/mol. The normalized spacial score (nSPS) is 11.6. The van der Waals surface area contributed by atoms with Crippen LogP contribution in [0.15, 0.2) is 194 Å². The molecule has 0 saturated heterocycles. The fourth-order valence-electron chi connectivity index (χ4n) is 8.29. The number of rotatable bonds is 5. The van der Waals surface area contributed by atoms with Crippen LogP contribution < -0.4 is 0 Å². The first-order valence-electron chi connectivity index (χ1n) is 18.6. The number of aromatic nitrogens is 4. The van der Waals surface area contributed by atoms with Crippen LogP contribution in [0.1, 0.15) is 0 Å². The molecule has 0 aliphatic rings. The summed E-state index contributed by atoms with van der Waals surface area (Å²) in [6, 6.07) is 68.8. The van der Waals surface area contributed by atoms with E-state index < -0.39 is 0 Å². The van der Waals surface area contributed by atoms with E-state index in [0.717, 1.165) is 38.8 Å². The fourth-order valence-corrected chi connectivity index (χ4v) is 8.29. The SMILES string of the molecule is c1ccc(-c2ccc3c4ccccc4n(-c4cc(-c5nc(-c6ccccc6)nc(-c6ccccc6)n5)cc5c6ccccc6c6ccccc6c45)c3c2)cc1. The van der Waals surface area contributed by atoms with Crippen molar-refractivity contribution in [3.05, 3.63) is 194 Å². The number of fused-ring (bicyclic) bond motifs is 9. The van der Waals surface area contributed by atoms with Gasteiger partial charge in [-0.2, -0.15) is 0 Å². The largest absolute Gasteiger partial charge is 0.309 e. The van der Waals surface area contributed by atoms with Gasteiger partial charge in [0, 0.05) is 32.8 Å². The van der Waals surface area contributed by atoms with Crippen molar-refractivity contribution < 1.29 is 0 Å². The first kappa shape index (κ1) is 31.1. The number of para-hydroxylation sites is 1. The molecular weight excluding hydrogens is 669 g/mol. The minimum absolute atomic E-state index is 0.624. The Morgan fingerprint density at radius 1 is 0.273 bits per heavy atom. The summed E-state index contributed by atoms with van der Waals surface area (Å²) in [5, 5.41) is 9.58. The lowest BCUT2D eigenvalue weighted by Crippen LogP contribution is -2.02. The summed E-state index contributed by atoms with van der Waals surface area (Å²) >= 11 is 0.